The van der Waals surface area contributed by atoms with Gasteiger partial charge < -0.3 is 10.0 Å². The van der Waals surface area contributed by atoms with Crippen molar-refractivity contribution < 1.29 is 14.7 Å². The van der Waals surface area contributed by atoms with Crippen LogP contribution in [0.5, 0.6) is 0 Å². The Hall–Kier alpha value is -1.55. The molecule has 0 spiro atoms. The third kappa shape index (κ3) is 3.75. The van der Waals surface area contributed by atoms with Crippen LogP contribution < -0.4 is 0 Å². The van der Waals surface area contributed by atoms with Crippen molar-refractivity contribution >= 4 is 23.5 Å². The molecule has 0 saturated heterocycles. The van der Waals surface area contributed by atoms with E-state index in [1.165, 1.54) is 11.9 Å². The largest absolute Gasteiger partial charge is 0.480 e. The highest BCUT2D eigenvalue weighted by Gasteiger charge is 2.25. The number of amides is 1. The number of carbonyl (C=O) groups excluding carboxylic acids is 1. The van der Waals surface area contributed by atoms with Gasteiger partial charge in [-0.15, -0.1) is 11.6 Å². The molecule has 1 N–H and O–H groups in total. The zero-order valence-corrected chi connectivity index (χ0v) is 10.2. The molecule has 0 bridgehead atoms. The van der Waals surface area contributed by atoms with Gasteiger partial charge in [-0.1, -0.05) is 30.3 Å². The van der Waals surface area contributed by atoms with Crippen molar-refractivity contribution in [3.63, 3.8) is 0 Å². The Morgan fingerprint density at radius 2 is 1.94 bits per heavy atom. The van der Waals surface area contributed by atoms with E-state index in [9.17, 15) is 9.59 Å². The van der Waals surface area contributed by atoms with Crippen molar-refractivity contribution in [1.82, 2.24) is 4.90 Å². The van der Waals surface area contributed by atoms with Crippen molar-refractivity contribution in [3.05, 3.63) is 35.9 Å². The number of alkyl halides is 1. The molecule has 0 heterocycles. The lowest BCUT2D eigenvalue weighted by molar-refractivity contribution is -0.147. The fourth-order valence-corrected chi connectivity index (χ4v) is 1.74. The molecular formula is C12H14ClNO3. The molecule has 5 heteroatoms. The van der Waals surface area contributed by atoms with Gasteiger partial charge in [-0.2, -0.15) is 0 Å². The van der Waals surface area contributed by atoms with E-state index >= 15 is 0 Å². The molecule has 0 aliphatic carbocycles. The van der Waals surface area contributed by atoms with Crippen LogP contribution in [0.4, 0.5) is 0 Å². The summed E-state index contributed by atoms with van der Waals surface area (Å²) in [5.41, 5.74) is 0.850. The highest BCUT2D eigenvalue weighted by atomic mass is 35.5. The summed E-state index contributed by atoms with van der Waals surface area (Å²) in [4.78, 5) is 23.8. The SMILES string of the molecule is CN(C(=O)Cc1ccccc1)[C@@H](CCl)C(=O)O. The van der Waals surface area contributed by atoms with Crippen LogP contribution in [-0.2, 0) is 16.0 Å². The third-order valence-electron chi connectivity index (χ3n) is 2.49. The van der Waals surface area contributed by atoms with Crippen LogP contribution >= 0.6 is 11.6 Å². The average molecular weight is 256 g/mol. The number of likely N-dealkylation sites (N-methyl/N-ethyl adjacent to an activating group) is 1. The van der Waals surface area contributed by atoms with Crippen LogP contribution in [0.25, 0.3) is 0 Å². The summed E-state index contributed by atoms with van der Waals surface area (Å²) < 4.78 is 0. The summed E-state index contributed by atoms with van der Waals surface area (Å²) in [6.45, 7) is 0. The normalized spacial score (nSPS) is 11.9. The Morgan fingerprint density at radius 1 is 1.35 bits per heavy atom. The topological polar surface area (TPSA) is 57.6 Å². The summed E-state index contributed by atoms with van der Waals surface area (Å²) in [5, 5.41) is 8.88. The molecule has 1 amide bonds. The molecule has 1 aromatic carbocycles. The molecule has 0 radical (unpaired) electrons. The Morgan fingerprint density at radius 3 is 2.41 bits per heavy atom. The molecule has 0 unspecified atom stereocenters. The van der Waals surface area contributed by atoms with Gasteiger partial charge in [-0.05, 0) is 5.56 Å². The van der Waals surface area contributed by atoms with E-state index in [0.29, 0.717) is 0 Å². The summed E-state index contributed by atoms with van der Waals surface area (Å²) >= 11 is 5.53. The number of carboxylic acids is 1. The van der Waals surface area contributed by atoms with Crippen LogP contribution in [-0.4, -0.2) is 40.9 Å². The third-order valence-corrected chi connectivity index (χ3v) is 2.78. The summed E-state index contributed by atoms with van der Waals surface area (Å²) in [6.07, 6.45) is 0.179. The minimum atomic E-state index is -1.09. The number of aliphatic carboxylic acids is 1. The molecule has 92 valence electrons. The van der Waals surface area contributed by atoms with Gasteiger partial charge in [0, 0.05) is 7.05 Å². The van der Waals surface area contributed by atoms with Crippen LogP contribution in [0.2, 0.25) is 0 Å². The van der Waals surface area contributed by atoms with Crippen LogP contribution in [0.1, 0.15) is 5.56 Å². The predicted octanol–water partition coefficient (Wildman–Crippen LogP) is 1.38. The van der Waals surface area contributed by atoms with E-state index in [1.807, 2.05) is 30.3 Å². The van der Waals surface area contributed by atoms with Gasteiger partial charge in [0.1, 0.15) is 6.04 Å². The van der Waals surface area contributed by atoms with Crippen LogP contribution in [0, 0.1) is 0 Å². The minimum absolute atomic E-state index is 0.119. The number of rotatable bonds is 5. The predicted molar refractivity (Wildman–Crippen MR) is 65.1 cm³/mol. The van der Waals surface area contributed by atoms with Crippen molar-refractivity contribution in [1.29, 1.82) is 0 Å². The van der Waals surface area contributed by atoms with Crippen molar-refractivity contribution in [3.8, 4) is 0 Å². The second-order valence-corrected chi connectivity index (χ2v) is 3.98. The van der Waals surface area contributed by atoms with Crippen molar-refractivity contribution in [2.24, 2.45) is 0 Å². The molecular weight excluding hydrogens is 242 g/mol. The highest BCUT2D eigenvalue weighted by molar-refractivity contribution is 6.19. The number of carbonyl (C=O) groups is 2. The maximum absolute atomic E-state index is 11.8. The monoisotopic (exact) mass is 255 g/mol. The zero-order chi connectivity index (χ0) is 12.8. The van der Waals surface area contributed by atoms with Gasteiger partial charge in [0.2, 0.25) is 5.91 Å². The summed E-state index contributed by atoms with van der Waals surface area (Å²) in [6, 6.07) is 8.19. The first kappa shape index (κ1) is 13.5. The molecule has 4 nitrogen and oxygen atoms in total. The van der Waals surface area contributed by atoms with Gasteiger partial charge in [0.25, 0.3) is 0 Å². The maximum atomic E-state index is 11.8. The lowest BCUT2D eigenvalue weighted by Crippen LogP contribution is -2.44. The Balaban J connectivity index is 2.67. The minimum Gasteiger partial charge on any atom is -0.480 e. The van der Waals surface area contributed by atoms with E-state index in [-0.39, 0.29) is 18.2 Å². The fourth-order valence-electron chi connectivity index (χ4n) is 1.40. The first-order chi connectivity index (χ1) is 8.06. The smallest absolute Gasteiger partial charge is 0.327 e. The molecule has 0 aliphatic rings. The molecule has 0 aromatic heterocycles. The number of hydrogen-bond donors (Lipinski definition) is 1. The Labute approximate surface area is 105 Å². The van der Waals surface area contributed by atoms with Gasteiger partial charge in [0.15, 0.2) is 0 Å². The number of hydrogen-bond acceptors (Lipinski definition) is 2. The lowest BCUT2D eigenvalue weighted by atomic mass is 10.1. The standard InChI is InChI=1S/C12H14ClNO3/c1-14(10(8-13)12(16)17)11(15)7-9-5-3-2-4-6-9/h2-6,10H,7-8H2,1H3,(H,16,17)/t10-/m0/s1. The molecule has 1 rings (SSSR count). The van der Waals surface area contributed by atoms with E-state index in [1.54, 1.807) is 0 Å². The molecule has 1 atom stereocenters. The van der Waals surface area contributed by atoms with E-state index in [4.69, 9.17) is 16.7 Å². The Kier molecular flexibility index (Phi) is 4.97. The highest BCUT2D eigenvalue weighted by Crippen LogP contribution is 2.06. The number of halogens is 1. The van der Waals surface area contributed by atoms with E-state index in [0.717, 1.165) is 5.56 Å². The van der Waals surface area contributed by atoms with Crippen molar-refractivity contribution in [2.75, 3.05) is 12.9 Å². The number of carboxylic acid groups (broad SMARTS) is 1. The summed E-state index contributed by atoms with van der Waals surface area (Å²) in [5.74, 6) is -1.47. The first-order valence-electron chi connectivity index (χ1n) is 5.14. The fraction of sp³-hybridized carbons (Fsp3) is 0.333. The van der Waals surface area contributed by atoms with Gasteiger partial charge in [-0.25, -0.2) is 4.79 Å². The lowest BCUT2D eigenvalue weighted by Gasteiger charge is -2.23. The van der Waals surface area contributed by atoms with Crippen LogP contribution in [0.15, 0.2) is 30.3 Å². The summed E-state index contributed by atoms with van der Waals surface area (Å²) in [7, 11) is 1.45. The second kappa shape index (κ2) is 6.25. The zero-order valence-electron chi connectivity index (χ0n) is 9.47. The van der Waals surface area contributed by atoms with Crippen molar-refractivity contribution in [2.45, 2.75) is 12.5 Å². The van der Waals surface area contributed by atoms with Gasteiger partial charge >= 0.3 is 5.97 Å². The van der Waals surface area contributed by atoms with E-state index < -0.39 is 12.0 Å². The molecule has 0 saturated carbocycles. The molecule has 0 fully saturated rings. The second-order valence-electron chi connectivity index (χ2n) is 3.68. The molecule has 0 aliphatic heterocycles. The number of benzene rings is 1. The van der Waals surface area contributed by atoms with Gasteiger partial charge in [0.05, 0.1) is 12.3 Å². The Bertz CT molecular complexity index is 394. The average Bonchev–Trinajstić information content (AvgIpc) is 2.30. The maximum Gasteiger partial charge on any atom is 0.327 e. The first-order valence-corrected chi connectivity index (χ1v) is 5.68. The quantitative estimate of drug-likeness (QED) is 0.809. The van der Waals surface area contributed by atoms with E-state index in [2.05, 4.69) is 0 Å². The number of nitrogens with zero attached hydrogens (tertiary/aromatic N) is 1. The molecule has 1 aromatic rings. The van der Waals surface area contributed by atoms with Crippen LogP contribution in [0.3, 0.4) is 0 Å². The molecule has 17 heavy (non-hydrogen) atoms. The van der Waals surface area contributed by atoms with Gasteiger partial charge in [-0.3, -0.25) is 4.79 Å².